The van der Waals surface area contributed by atoms with Crippen LogP contribution < -0.4 is 0 Å². The molecule has 94 valence electrons. The maximum absolute atomic E-state index is 13.4. The van der Waals surface area contributed by atoms with Crippen LogP contribution in [0.25, 0.3) is 22.0 Å². The van der Waals surface area contributed by atoms with Crippen LogP contribution in [-0.4, -0.2) is 10.2 Å². The maximum Gasteiger partial charge on any atom is 0.159 e. The van der Waals surface area contributed by atoms with Gasteiger partial charge in [0.15, 0.2) is 5.15 Å². The van der Waals surface area contributed by atoms with Crippen molar-refractivity contribution in [2.45, 2.75) is 6.92 Å². The SMILES string of the molecule is Cc1ccc(F)cc1-c1nnc(Cl)c2ccccc12. The molecule has 0 radical (unpaired) electrons. The average molecular weight is 273 g/mol. The number of fused-ring (bicyclic) bond motifs is 1. The first-order chi connectivity index (χ1) is 9.16. The van der Waals surface area contributed by atoms with Crippen molar-refractivity contribution in [1.29, 1.82) is 0 Å². The zero-order valence-corrected chi connectivity index (χ0v) is 10.9. The van der Waals surface area contributed by atoms with Crippen LogP contribution in [-0.2, 0) is 0 Å². The Morgan fingerprint density at radius 1 is 1.00 bits per heavy atom. The summed E-state index contributed by atoms with van der Waals surface area (Å²) in [6.07, 6.45) is 0. The van der Waals surface area contributed by atoms with Gasteiger partial charge in [0.05, 0.1) is 0 Å². The van der Waals surface area contributed by atoms with Crippen molar-refractivity contribution in [2.75, 3.05) is 0 Å². The van der Waals surface area contributed by atoms with Crippen LogP contribution in [0.5, 0.6) is 0 Å². The molecule has 3 aromatic rings. The fraction of sp³-hybridized carbons (Fsp3) is 0.0667. The Balaban J connectivity index is 2.37. The molecule has 0 aliphatic heterocycles. The summed E-state index contributed by atoms with van der Waals surface area (Å²) in [4.78, 5) is 0. The smallest absolute Gasteiger partial charge is 0.159 e. The van der Waals surface area contributed by atoms with E-state index < -0.39 is 0 Å². The van der Waals surface area contributed by atoms with Gasteiger partial charge < -0.3 is 0 Å². The van der Waals surface area contributed by atoms with Crippen molar-refractivity contribution in [3.05, 3.63) is 59.0 Å². The predicted molar refractivity (Wildman–Crippen MR) is 74.7 cm³/mol. The van der Waals surface area contributed by atoms with Crippen LogP contribution in [0.1, 0.15) is 5.56 Å². The molecule has 3 rings (SSSR count). The number of rotatable bonds is 1. The first-order valence-corrected chi connectivity index (χ1v) is 6.22. The standard InChI is InChI=1S/C15H10ClFN2/c1-9-6-7-10(17)8-13(9)14-11-4-2-3-5-12(11)15(16)19-18-14/h2-8H,1H3. The average Bonchev–Trinajstić information content (AvgIpc) is 2.43. The molecule has 0 saturated heterocycles. The van der Waals surface area contributed by atoms with E-state index in [1.54, 1.807) is 6.07 Å². The third kappa shape index (κ3) is 2.06. The Morgan fingerprint density at radius 2 is 1.74 bits per heavy atom. The van der Waals surface area contributed by atoms with Gasteiger partial charge in [0, 0.05) is 16.3 Å². The van der Waals surface area contributed by atoms with Crippen molar-refractivity contribution in [3.8, 4) is 11.3 Å². The molecule has 0 saturated carbocycles. The molecular formula is C15H10ClFN2. The van der Waals surface area contributed by atoms with Gasteiger partial charge in [-0.25, -0.2) is 4.39 Å². The lowest BCUT2D eigenvalue weighted by molar-refractivity contribution is 0.628. The van der Waals surface area contributed by atoms with E-state index in [0.29, 0.717) is 10.8 Å². The molecule has 4 heteroatoms. The Morgan fingerprint density at radius 3 is 2.53 bits per heavy atom. The summed E-state index contributed by atoms with van der Waals surface area (Å²) in [5.41, 5.74) is 2.33. The lowest BCUT2D eigenvalue weighted by atomic mass is 10.0. The molecule has 0 unspecified atom stereocenters. The van der Waals surface area contributed by atoms with Crippen molar-refractivity contribution < 1.29 is 4.39 Å². The number of aryl methyl sites for hydroxylation is 1. The Hall–Kier alpha value is -2.00. The monoisotopic (exact) mass is 272 g/mol. The number of aromatic nitrogens is 2. The lowest BCUT2D eigenvalue weighted by Gasteiger charge is -2.08. The zero-order valence-electron chi connectivity index (χ0n) is 10.2. The number of hydrogen-bond acceptors (Lipinski definition) is 2. The van der Waals surface area contributed by atoms with E-state index in [2.05, 4.69) is 10.2 Å². The highest BCUT2D eigenvalue weighted by Gasteiger charge is 2.12. The molecule has 1 aromatic heterocycles. The fourth-order valence-corrected chi connectivity index (χ4v) is 2.32. The number of nitrogens with zero attached hydrogens (tertiary/aromatic N) is 2. The Kier molecular flexibility index (Phi) is 2.91. The van der Waals surface area contributed by atoms with Gasteiger partial charge >= 0.3 is 0 Å². The van der Waals surface area contributed by atoms with Gasteiger partial charge in [0.1, 0.15) is 11.5 Å². The van der Waals surface area contributed by atoms with E-state index >= 15 is 0 Å². The van der Waals surface area contributed by atoms with Crippen molar-refractivity contribution in [2.24, 2.45) is 0 Å². The molecule has 19 heavy (non-hydrogen) atoms. The predicted octanol–water partition coefficient (Wildman–Crippen LogP) is 4.40. The molecule has 0 amide bonds. The lowest BCUT2D eigenvalue weighted by Crippen LogP contribution is -1.94. The van der Waals surface area contributed by atoms with E-state index in [0.717, 1.165) is 21.9 Å². The second kappa shape index (κ2) is 4.59. The summed E-state index contributed by atoms with van der Waals surface area (Å²) in [7, 11) is 0. The van der Waals surface area contributed by atoms with Crippen LogP contribution in [0.3, 0.4) is 0 Å². The highest BCUT2D eigenvalue weighted by atomic mass is 35.5. The van der Waals surface area contributed by atoms with Crippen molar-refractivity contribution >= 4 is 22.4 Å². The fourth-order valence-electron chi connectivity index (χ4n) is 2.12. The topological polar surface area (TPSA) is 25.8 Å². The minimum Gasteiger partial charge on any atom is -0.207 e. The summed E-state index contributed by atoms with van der Waals surface area (Å²) in [5.74, 6) is -0.290. The molecule has 0 spiro atoms. The van der Waals surface area contributed by atoms with Gasteiger partial charge in [-0.05, 0) is 24.6 Å². The van der Waals surface area contributed by atoms with E-state index in [1.807, 2.05) is 31.2 Å². The molecule has 0 aliphatic rings. The maximum atomic E-state index is 13.4. The minimum atomic E-state index is -0.290. The highest BCUT2D eigenvalue weighted by Crippen LogP contribution is 2.31. The molecule has 2 aromatic carbocycles. The summed E-state index contributed by atoms with van der Waals surface area (Å²) >= 11 is 6.04. The molecule has 0 fully saturated rings. The number of benzene rings is 2. The van der Waals surface area contributed by atoms with E-state index in [1.165, 1.54) is 12.1 Å². The van der Waals surface area contributed by atoms with Crippen molar-refractivity contribution in [3.63, 3.8) is 0 Å². The minimum absolute atomic E-state index is 0.290. The summed E-state index contributed by atoms with van der Waals surface area (Å²) in [6.45, 7) is 1.92. The molecule has 0 bridgehead atoms. The molecule has 1 heterocycles. The Bertz CT molecular complexity index is 771. The van der Waals surface area contributed by atoms with Crippen LogP contribution in [0.15, 0.2) is 42.5 Å². The van der Waals surface area contributed by atoms with Gasteiger partial charge in [-0.15, -0.1) is 10.2 Å². The zero-order chi connectivity index (χ0) is 13.4. The quantitative estimate of drug-likeness (QED) is 0.656. The van der Waals surface area contributed by atoms with Gasteiger partial charge in [0.25, 0.3) is 0 Å². The first-order valence-electron chi connectivity index (χ1n) is 5.84. The molecular weight excluding hydrogens is 263 g/mol. The first kappa shape index (κ1) is 12.1. The summed E-state index contributed by atoms with van der Waals surface area (Å²) in [5, 5.41) is 10.1. The molecule has 0 atom stereocenters. The third-order valence-electron chi connectivity index (χ3n) is 3.10. The van der Waals surface area contributed by atoms with Crippen LogP contribution >= 0.6 is 11.6 Å². The normalized spacial score (nSPS) is 10.9. The Labute approximate surface area is 114 Å². The molecule has 0 N–H and O–H groups in total. The second-order valence-corrected chi connectivity index (χ2v) is 4.70. The van der Waals surface area contributed by atoms with Crippen LogP contribution in [0.2, 0.25) is 5.15 Å². The van der Waals surface area contributed by atoms with E-state index in [4.69, 9.17) is 11.6 Å². The number of halogens is 2. The summed E-state index contributed by atoms with van der Waals surface area (Å²) in [6, 6.07) is 12.2. The van der Waals surface area contributed by atoms with E-state index in [9.17, 15) is 4.39 Å². The number of hydrogen-bond donors (Lipinski definition) is 0. The summed E-state index contributed by atoms with van der Waals surface area (Å²) < 4.78 is 13.4. The van der Waals surface area contributed by atoms with Gasteiger partial charge in [0.2, 0.25) is 0 Å². The van der Waals surface area contributed by atoms with Crippen LogP contribution in [0, 0.1) is 12.7 Å². The van der Waals surface area contributed by atoms with Crippen molar-refractivity contribution in [1.82, 2.24) is 10.2 Å². The third-order valence-corrected chi connectivity index (χ3v) is 3.38. The van der Waals surface area contributed by atoms with Gasteiger partial charge in [-0.1, -0.05) is 41.9 Å². The largest absolute Gasteiger partial charge is 0.207 e. The highest BCUT2D eigenvalue weighted by molar-refractivity contribution is 6.34. The van der Waals surface area contributed by atoms with Gasteiger partial charge in [-0.2, -0.15) is 0 Å². The molecule has 0 aliphatic carbocycles. The van der Waals surface area contributed by atoms with E-state index in [-0.39, 0.29) is 5.82 Å². The van der Waals surface area contributed by atoms with Crippen LogP contribution in [0.4, 0.5) is 4.39 Å². The van der Waals surface area contributed by atoms with Gasteiger partial charge in [-0.3, -0.25) is 0 Å². The second-order valence-electron chi connectivity index (χ2n) is 4.34. The molecule has 2 nitrogen and oxygen atoms in total.